The second-order valence-electron chi connectivity index (χ2n) is 3.63. The summed E-state index contributed by atoms with van der Waals surface area (Å²) < 4.78 is 10.3. The van der Waals surface area contributed by atoms with E-state index in [1.165, 1.54) is 0 Å². The molecule has 1 amide bonds. The Balaban J connectivity index is 2.90. The van der Waals surface area contributed by atoms with Gasteiger partial charge in [0.1, 0.15) is 0 Å². The molecule has 0 aromatic carbocycles. The first kappa shape index (κ1) is 15.3. The lowest BCUT2D eigenvalue weighted by molar-refractivity contribution is -0.118. The van der Waals surface area contributed by atoms with Crippen LogP contribution in [0.15, 0.2) is 0 Å². The van der Waals surface area contributed by atoms with Crippen LogP contribution in [0.3, 0.4) is 0 Å². The van der Waals surface area contributed by atoms with Crippen molar-refractivity contribution in [3.05, 3.63) is 0 Å². The number of unbranched alkanes of at least 4 members (excludes halogenated alkanes) is 1. The van der Waals surface area contributed by atoms with Crippen molar-refractivity contribution in [1.29, 1.82) is 0 Å². The third-order valence-corrected chi connectivity index (χ3v) is 2.09. The highest BCUT2D eigenvalue weighted by molar-refractivity contribution is 5.73. The summed E-state index contributed by atoms with van der Waals surface area (Å²) >= 11 is 0. The minimum atomic E-state index is -0.221. The molecule has 0 saturated carbocycles. The summed E-state index contributed by atoms with van der Waals surface area (Å²) in [6.07, 6.45) is 3.26. The number of amides is 1. The maximum Gasteiger partial charge on any atom is 0.217 e. The molecule has 5 heteroatoms. The Morgan fingerprint density at radius 2 is 1.94 bits per heavy atom. The molecule has 96 valence electrons. The lowest BCUT2D eigenvalue weighted by Gasteiger charge is -2.05. The summed E-state index contributed by atoms with van der Waals surface area (Å²) in [5.74, 6) is -0.221. The number of carbonyl (C=O) groups excluding carboxylic acids is 1. The van der Waals surface area contributed by atoms with E-state index in [0.29, 0.717) is 6.42 Å². The van der Waals surface area contributed by atoms with Gasteiger partial charge in [0.15, 0.2) is 0 Å². The summed E-state index contributed by atoms with van der Waals surface area (Å²) in [4.78, 5) is 10.4. The van der Waals surface area contributed by atoms with Crippen molar-refractivity contribution < 1.29 is 14.3 Å². The number of methoxy groups -OCH3 is 1. The lowest BCUT2D eigenvalue weighted by Crippen LogP contribution is -2.21. The zero-order chi connectivity index (χ0) is 12.1. The van der Waals surface area contributed by atoms with Gasteiger partial charge in [-0.25, -0.2) is 0 Å². The van der Waals surface area contributed by atoms with E-state index in [1.54, 1.807) is 7.11 Å². The highest BCUT2D eigenvalue weighted by atomic mass is 16.5. The predicted octanol–water partition coefficient (Wildman–Crippen LogP) is 0.285. The molecule has 16 heavy (non-hydrogen) atoms. The van der Waals surface area contributed by atoms with Crippen molar-refractivity contribution in [3.8, 4) is 0 Å². The summed E-state index contributed by atoms with van der Waals surface area (Å²) in [7, 11) is 1.69. The molecule has 0 radical (unpaired) electrons. The van der Waals surface area contributed by atoms with E-state index >= 15 is 0 Å². The third kappa shape index (κ3) is 13.4. The van der Waals surface area contributed by atoms with Gasteiger partial charge in [-0.15, -0.1) is 0 Å². The summed E-state index contributed by atoms with van der Waals surface area (Å²) in [6.45, 7) is 3.98. The molecule has 0 rings (SSSR count). The molecule has 0 atom stereocenters. The molecular weight excluding hydrogens is 208 g/mol. The molecule has 0 fully saturated rings. The van der Waals surface area contributed by atoms with E-state index in [0.717, 1.165) is 52.2 Å². The molecule has 0 aliphatic carbocycles. The number of nitrogens with two attached hydrogens (primary N) is 1. The Morgan fingerprint density at radius 3 is 2.62 bits per heavy atom. The van der Waals surface area contributed by atoms with Gasteiger partial charge < -0.3 is 20.5 Å². The van der Waals surface area contributed by atoms with Crippen LogP contribution in [0.4, 0.5) is 0 Å². The molecule has 0 saturated heterocycles. The van der Waals surface area contributed by atoms with Crippen LogP contribution in [-0.4, -0.2) is 45.9 Å². The van der Waals surface area contributed by atoms with Gasteiger partial charge in [0, 0.05) is 33.3 Å². The monoisotopic (exact) mass is 232 g/mol. The lowest BCUT2D eigenvalue weighted by atomic mass is 10.2. The largest absolute Gasteiger partial charge is 0.385 e. The summed E-state index contributed by atoms with van der Waals surface area (Å²) in [5.41, 5.74) is 5.02. The van der Waals surface area contributed by atoms with E-state index in [2.05, 4.69) is 5.32 Å². The maximum atomic E-state index is 10.4. The SMILES string of the molecule is COCCCOCCNCCCCC(N)=O. The third-order valence-electron chi connectivity index (χ3n) is 2.09. The molecule has 0 heterocycles. The molecular formula is C11H24N2O3. The predicted molar refractivity (Wildman–Crippen MR) is 63.2 cm³/mol. The highest BCUT2D eigenvalue weighted by Gasteiger charge is 1.94. The van der Waals surface area contributed by atoms with Crippen molar-refractivity contribution in [2.24, 2.45) is 5.73 Å². The number of primary amides is 1. The number of hydrogen-bond acceptors (Lipinski definition) is 4. The van der Waals surface area contributed by atoms with Gasteiger partial charge in [0.05, 0.1) is 6.61 Å². The van der Waals surface area contributed by atoms with Gasteiger partial charge >= 0.3 is 0 Å². The topological polar surface area (TPSA) is 73.6 Å². The quantitative estimate of drug-likeness (QED) is 0.474. The molecule has 0 aromatic heterocycles. The highest BCUT2D eigenvalue weighted by Crippen LogP contribution is 1.91. The number of nitrogens with one attached hydrogen (secondary N) is 1. The van der Waals surface area contributed by atoms with Crippen LogP contribution in [-0.2, 0) is 14.3 Å². The Morgan fingerprint density at radius 1 is 1.12 bits per heavy atom. The number of ether oxygens (including phenoxy) is 2. The van der Waals surface area contributed by atoms with Crippen LogP contribution in [0, 0.1) is 0 Å². The normalized spacial score (nSPS) is 10.6. The van der Waals surface area contributed by atoms with Gasteiger partial charge in [-0.1, -0.05) is 0 Å². The van der Waals surface area contributed by atoms with Crippen molar-refractivity contribution in [1.82, 2.24) is 5.32 Å². The fourth-order valence-corrected chi connectivity index (χ4v) is 1.23. The van der Waals surface area contributed by atoms with Gasteiger partial charge in [0.25, 0.3) is 0 Å². The Hall–Kier alpha value is -0.650. The molecule has 0 spiro atoms. The van der Waals surface area contributed by atoms with E-state index in [-0.39, 0.29) is 5.91 Å². The fraction of sp³-hybridized carbons (Fsp3) is 0.909. The zero-order valence-corrected chi connectivity index (χ0v) is 10.2. The summed E-state index contributed by atoms with van der Waals surface area (Å²) in [6, 6.07) is 0. The van der Waals surface area contributed by atoms with E-state index in [4.69, 9.17) is 15.2 Å². The van der Waals surface area contributed by atoms with Crippen molar-refractivity contribution in [3.63, 3.8) is 0 Å². The number of rotatable bonds is 12. The van der Waals surface area contributed by atoms with Crippen molar-refractivity contribution in [2.45, 2.75) is 25.7 Å². The second kappa shape index (κ2) is 12.4. The Kier molecular flexibility index (Phi) is 11.9. The Bertz CT molecular complexity index is 165. The standard InChI is InChI=1S/C11H24N2O3/c1-15-8-4-9-16-10-7-13-6-3-2-5-11(12)14/h13H,2-10H2,1H3,(H2,12,14). The van der Waals surface area contributed by atoms with Crippen LogP contribution < -0.4 is 11.1 Å². The van der Waals surface area contributed by atoms with Crippen LogP contribution in [0.1, 0.15) is 25.7 Å². The Labute approximate surface area is 97.7 Å². The fourth-order valence-electron chi connectivity index (χ4n) is 1.23. The molecule has 5 nitrogen and oxygen atoms in total. The average Bonchev–Trinajstić information content (AvgIpc) is 2.25. The van der Waals surface area contributed by atoms with Crippen molar-refractivity contribution in [2.75, 3.05) is 40.0 Å². The molecule has 0 bridgehead atoms. The molecule has 0 aliphatic heterocycles. The first-order valence-corrected chi connectivity index (χ1v) is 5.83. The van der Waals surface area contributed by atoms with Crippen LogP contribution >= 0.6 is 0 Å². The molecule has 0 aromatic rings. The first-order chi connectivity index (χ1) is 7.77. The first-order valence-electron chi connectivity index (χ1n) is 5.83. The van der Waals surface area contributed by atoms with Gasteiger partial charge in [-0.05, 0) is 25.8 Å². The molecule has 3 N–H and O–H groups in total. The van der Waals surface area contributed by atoms with Crippen LogP contribution in [0.5, 0.6) is 0 Å². The number of hydrogen-bond donors (Lipinski definition) is 2. The zero-order valence-electron chi connectivity index (χ0n) is 10.2. The smallest absolute Gasteiger partial charge is 0.217 e. The van der Waals surface area contributed by atoms with E-state index in [9.17, 15) is 4.79 Å². The molecule has 0 unspecified atom stereocenters. The summed E-state index contributed by atoms with van der Waals surface area (Å²) in [5, 5.41) is 3.24. The van der Waals surface area contributed by atoms with Gasteiger partial charge in [-0.2, -0.15) is 0 Å². The molecule has 0 aliphatic rings. The second-order valence-corrected chi connectivity index (χ2v) is 3.63. The van der Waals surface area contributed by atoms with Gasteiger partial charge in [-0.3, -0.25) is 4.79 Å². The van der Waals surface area contributed by atoms with Crippen molar-refractivity contribution >= 4 is 5.91 Å². The van der Waals surface area contributed by atoms with Crippen LogP contribution in [0.2, 0.25) is 0 Å². The average molecular weight is 232 g/mol. The van der Waals surface area contributed by atoms with E-state index < -0.39 is 0 Å². The van der Waals surface area contributed by atoms with Crippen LogP contribution in [0.25, 0.3) is 0 Å². The van der Waals surface area contributed by atoms with E-state index in [1.807, 2.05) is 0 Å². The minimum Gasteiger partial charge on any atom is -0.385 e. The number of carbonyl (C=O) groups is 1. The minimum absolute atomic E-state index is 0.221. The van der Waals surface area contributed by atoms with Gasteiger partial charge in [0.2, 0.25) is 5.91 Å². The maximum absolute atomic E-state index is 10.4.